The number of sulfone groups is 1. The van der Waals surface area contributed by atoms with Gasteiger partial charge in [0, 0.05) is 5.69 Å². The SMILES string of the molecule is O=S1(=O)CC(Nc2ccc(F)c(Br)c2)c2ccccc21. The van der Waals surface area contributed by atoms with Crippen LogP contribution < -0.4 is 5.32 Å². The van der Waals surface area contributed by atoms with Gasteiger partial charge >= 0.3 is 0 Å². The van der Waals surface area contributed by atoms with Crippen LogP contribution in [0, 0.1) is 5.82 Å². The number of hydrogen-bond acceptors (Lipinski definition) is 3. The summed E-state index contributed by atoms with van der Waals surface area (Å²) in [5, 5.41) is 3.14. The summed E-state index contributed by atoms with van der Waals surface area (Å²) in [5.41, 5.74) is 1.43. The maximum absolute atomic E-state index is 13.2. The largest absolute Gasteiger partial charge is 0.377 e. The molecular formula is C14H11BrFNO2S. The zero-order valence-electron chi connectivity index (χ0n) is 10.3. The summed E-state index contributed by atoms with van der Waals surface area (Å²) >= 11 is 3.12. The lowest BCUT2D eigenvalue weighted by Gasteiger charge is -2.14. The lowest BCUT2D eigenvalue weighted by Crippen LogP contribution is -2.12. The smallest absolute Gasteiger partial charge is 0.181 e. The van der Waals surface area contributed by atoms with Gasteiger partial charge in [-0.1, -0.05) is 18.2 Å². The van der Waals surface area contributed by atoms with Gasteiger partial charge in [0.1, 0.15) is 5.82 Å². The molecule has 1 unspecified atom stereocenters. The second-order valence-electron chi connectivity index (χ2n) is 4.65. The normalized spacial score (nSPS) is 19.6. The molecule has 2 aromatic rings. The fourth-order valence-corrected chi connectivity index (χ4v) is 4.47. The molecule has 0 amide bonds. The third kappa shape index (κ3) is 2.33. The Morgan fingerprint density at radius 3 is 2.70 bits per heavy atom. The first kappa shape index (κ1) is 13.6. The first-order valence-electron chi connectivity index (χ1n) is 6.01. The van der Waals surface area contributed by atoms with E-state index in [4.69, 9.17) is 0 Å². The summed E-state index contributed by atoms with van der Waals surface area (Å²) < 4.78 is 37.7. The summed E-state index contributed by atoms with van der Waals surface area (Å²) in [6.45, 7) is 0. The van der Waals surface area contributed by atoms with Crippen LogP contribution in [0.25, 0.3) is 0 Å². The third-order valence-corrected chi connectivity index (χ3v) is 5.70. The van der Waals surface area contributed by atoms with E-state index in [2.05, 4.69) is 21.2 Å². The third-order valence-electron chi connectivity index (χ3n) is 3.28. The first-order valence-corrected chi connectivity index (χ1v) is 8.45. The van der Waals surface area contributed by atoms with Crippen LogP contribution in [0.15, 0.2) is 51.8 Å². The van der Waals surface area contributed by atoms with E-state index in [0.717, 1.165) is 5.56 Å². The van der Waals surface area contributed by atoms with Crippen LogP contribution >= 0.6 is 15.9 Å². The van der Waals surface area contributed by atoms with E-state index in [-0.39, 0.29) is 17.6 Å². The summed E-state index contributed by atoms with van der Waals surface area (Å²) in [7, 11) is -3.24. The molecule has 0 fully saturated rings. The summed E-state index contributed by atoms with van der Waals surface area (Å²) in [4.78, 5) is 0.374. The lowest BCUT2D eigenvalue weighted by atomic mass is 10.1. The molecule has 1 atom stereocenters. The molecule has 0 saturated carbocycles. The molecule has 0 radical (unpaired) electrons. The lowest BCUT2D eigenvalue weighted by molar-refractivity contribution is 0.598. The van der Waals surface area contributed by atoms with Gasteiger partial charge in [0.2, 0.25) is 0 Å². The Kier molecular flexibility index (Phi) is 3.30. The quantitative estimate of drug-likeness (QED) is 0.896. The van der Waals surface area contributed by atoms with Crippen molar-refractivity contribution in [2.75, 3.05) is 11.1 Å². The number of nitrogens with one attached hydrogen (secondary N) is 1. The standard InChI is InChI=1S/C14H11BrFNO2S/c15-11-7-9(5-6-12(11)16)17-13-8-20(18,19)14-4-2-1-3-10(13)14/h1-7,13,17H,8H2. The molecule has 1 N–H and O–H groups in total. The van der Waals surface area contributed by atoms with Gasteiger partial charge in [-0.05, 0) is 45.8 Å². The number of halogens is 2. The molecule has 20 heavy (non-hydrogen) atoms. The van der Waals surface area contributed by atoms with Crippen LogP contribution in [0.2, 0.25) is 0 Å². The molecule has 0 aliphatic carbocycles. The van der Waals surface area contributed by atoms with Crippen molar-refractivity contribution >= 4 is 31.5 Å². The Bertz CT molecular complexity index is 776. The zero-order valence-corrected chi connectivity index (χ0v) is 12.7. The molecule has 0 saturated heterocycles. The fraction of sp³-hybridized carbons (Fsp3) is 0.143. The van der Waals surface area contributed by atoms with E-state index in [1.807, 2.05) is 6.07 Å². The van der Waals surface area contributed by atoms with Crippen molar-refractivity contribution < 1.29 is 12.8 Å². The molecule has 1 aliphatic heterocycles. The van der Waals surface area contributed by atoms with Crippen LogP contribution in [-0.2, 0) is 9.84 Å². The molecule has 0 aromatic heterocycles. The second kappa shape index (κ2) is 4.86. The van der Waals surface area contributed by atoms with Crippen molar-refractivity contribution in [1.29, 1.82) is 0 Å². The van der Waals surface area contributed by atoms with Crippen LogP contribution in [0.4, 0.5) is 10.1 Å². The van der Waals surface area contributed by atoms with E-state index in [1.165, 1.54) is 6.07 Å². The molecule has 3 nitrogen and oxygen atoms in total. The maximum atomic E-state index is 13.2. The van der Waals surface area contributed by atoms with E-state index in [9.17, 15) is 12.8 Å². The fourth-order valence-electron chi connectivity index (χ4n) is 2.36. The maximum Gasteiger partial charge on any atom is 0.181 e. The molecule has 1 heterocycles. The Morgan fingerprint density at radius 1 is 1.20 bits per heavy atom. The van der Waals surface area contributed by atoms with Crippen molar-refractivity contribution in [2.24, 2.45) is 0 Å². The average molecular weight is 356 g/mol. The Morgan fingerprint density at radius 2 is 1.95 bits per heavy atom. The van der Waals surface area contributed by atoms with E-state index < -0.39 is 9.84 Å². The van der Waals surface area contributed by atoms with E-state index in [0.29, 0.717) is 15.1 Å². The minimum Gasteiger partial charge on any atom is -0.377 e. The van der Waals surface area contributed by atoms with Gasteiger partial charge in [-0.2, -0.15) is 0 Å². The van der Waals surface area contributed by atoms with Crippen molar-refractivity contribution in [3.63, 3.8) is 0 Å². The highest BCUT2D eigenvalue weighted by molar-refractivity contribution is 9.10. The summed E-state index contributed by atoms with van der Waals surface area (Å²) in [6.07, 6.45) is 0. The van der Waals surface area contributed by atoms with Gasteiger partial charge in [-0.15, -0.1) is 0 Å². The number of anilines is 1. The van der Waals surface area contributed by atoms with Gasteiger partial charge < -0.3 is 5.32 Å². The Labute approximate surface area is 124 Å². The molecule has 0 bridgehead atoms. The number of benzene rings is 2. The molecule has 3 rings (SSSR count). The van der Waals surface area contributed by atoms with Crippen LogP contribution in [0.3, 0.4) is 0 Å². The van der Waals surface area contributed by atoms with Gasteiger partial charge in [0.25, 0.3) is 0 Å². The highest BCUT2D eigenvalue weighted by Crippen LogP contribution is 2.35. The number of hydrogen-bond donors (Lipinski definition) is 1. The molecule has 1 aliphatic rings. The second-order valence-corrected chi connectivity index (χ2v) is 7.50. The van der Waals surface area contributed by atoms with E-state index >= 15 is 0 Å². The minimum absolute atomic E-state index is 0.0152. The van der Waals surface area contributed by atoms with Gasteiger partial charge in [0.15, 0.2) is 9.84 Å². The van der Waals surface area contributed by atoms with Gasteiger partial charge in [-0.25, -0.2) is 12.8 Å². The summed E-state index contributed by atoms with van der Waals surface area (Å²) in [5.74, 6) is -0.337. The summed E-state index contributed by atoms with van der Waals surface area (Å²) in [6, 6.07) is 11.2. The molecule has 2 aromatic carbocycles. The van der Waals surface area contributed by atoms with E-state index in [1.54, 1.807) is 30.3 Å². The highest BCUT2D eigenvalue weighted by Gasteiger charge is 2.34. The van der Waals surface area contributed by atoms with Crippen LogP contribution in [-0.4, -0.2) is 14.2 Å². The Balaban J connectivity index is 1.95. The number of rotatable bonds is 2. The van der Waals surface area contributed by atoms with Gasteiger partial charge in [-0.3, -0.25) is 0 Å². The molecule has 0 spiro atoms. The predicted octanol–water partition coefficient (Wildman–Crippen LogP) is 3.53. The predicted molar refractivity (Wildman–Crippen MR) is 79.0 cm³/mol. The highest BCUT2D eigenvalue weighted by atomic mass is 79.9. The van der Waals surface area contributed by atoms with Crippen molar-refractivity contribution in [2.45, 2.75) is 10.9 Å². The zero-order chi connectivity index (χ0) is 14.3. The molecule has 6 heteroatoms. The van der Waals surface area contributed by atoms with Gasteiger partial charge in [0.05, 0.1) is 21.2 Å². The van der Waals surface area contributed by atoms with Crippen molar-refractivity contribution in [3.05, 3.63) is 58.3 Å². The van der Waals surface area contributed by atoms with Crippen LogP contribution in [0.5, 0.6) is 0 Å². The van der Waals surface area contributed by atoms with Crippen molar-refractivity contribution in [1.82, 2.24) is 0 Å². The topological polar surface area (TPSA) is 46.2 Å². The minimum atomic E-state index is -3.24. The first-order chi connectivity index (χ1) is 9.47. The average Bonchev–Trinajstić information content (AvgIpc) is 2.66. The molecular weight excluding hydrogens is 345 g/mol. The monoisotopic (exact) mass is 355 g/mol. The Hall–Kier alpha value is -1.40. The van der Waals surface area contributed by atoms with Crippen molar-refractivity contribution in [3.8, 4) is 0 Å². The number of fused-ring (bicyclic) bond motifs is 1. The molecule has 104 valence electrons. The van der Waals surface area contributed by atoms with Crippen LogP contribution in [0.1, 0.15) is 11.6 Å².